The van der Waals surface area contributed by atoms with Gasteiger partial charge in [-0.25, -0.2) is 0 Å². The lowest BCUT2D eigenvalue weighted by Crippen LogP contribution is -2.40. The number of rotatable bonds is 58. The number of hydrogen-bond donors (Lipinski definition) is 0. The average molecular weight is 999 g/mol. The Kier molecular flexibility index (Phi) is 52.2. The third kappa shape index (κ3) is 44.6. The van der Waals surface area contributed by atoms with E-state index in [4.69, 9.17) is 37.9 Å². The maximum absolute atomic E-state index is 12.7. The molecule has 0 saturated carbocycles. The minimum absolute atomic E-state index is 0.133. The summed E-state index contributed by atoms with van der Waals surface area (Å²) in [5, 5.41) is 0. The summed E-state index contributed by atoms with van der Waals surface area (Å²) < 4.78 is 49.7. The van der Waals surface area contributed by atoms with E-state index in [2.05, 4.69) is 20.8 Å². The van der Waals surface area contributed by atoms with Crippen molar-refractivity contribution in [2.45, 2.75) is 296 Å². The number of ether oxygens (including phenoxy) is 8. The molecule has 0 N–H and O–H groups in total. The van der Waals surface area contributed by atoms with E-state index in [0.717, 1.165) is 84.6 Å². The zero-order valence-electron chi connectivity index (χ0n) is 47.3. The van der Waals surface area contributed by atoms with Crippen LogP contribution in [0.5, 0.6) is 0 Å². The number of likely N-dealkylation sites (N-methyl/N-ethyl adjacent to an activating group) is 1. The third-order valence-electron chi connectivity index (χ3n) is 13.7. The summed E-state index contributed by atoms with van der Waals surface area (Å²) in [6.07, 6.45) is 46.8. The molecule has 418 valence electrons. The van der Waals surface area contributed by atoms with Crippen molar-refractivity contribution >= 4 is 5.97 Å². The Morgan fingerprint density at radius 2 is 0.629 bits per heavy atom. The van der Waals surface area contributed by atoms with Gasteiger partial charge in [0.15, 0.2) is 6.29 Å². The fourth-order valence-electron chi connectivity index (χ4n) is 9.28. The molecule has 1 saturated heterocycles. The Morgan fingerprint density at radius 3 is 0.943 bits per heavy atom. The van der Waals surface area contributed by atoms with Crippen molar-refractivity contribution in [2.24, 2.45) is 0 Å². The predicted octanol–water partition coefficient (Wildman–Crippen LogP) is 15.9. The summed E-state index contributed by atoms with van der Waals surface area (Å²) in [6.45, 7) is 14.5. The normalized spacial score (nSPS) is 17.1. The maximum atomic E-state index is 12.7. The zero-order valence-corrected chi connectivity index (χ0v) is 47.3. The monoisotopic (exact) mass is 998 g/mol. The lowest BCUT2D eigenvalue weighted by atomic mass is 10.1. The highest BCUT2D eigenvalue weighted by Crippen LogP contribution is 2.29. The van der Waals surface area contributed by atoms with Gasteiger partial charge >= 0.3 is 5.97 Å². The Hall–Kier alpha value is -0.850. The van der Waals surface area contributed by atoms with E-state index >= 15 is 0 Å². The van der Waals surface area contributed by atoms with E-state index in [0.29, 0.717) is 19.8 Å². The highest BCUT2D eigenvalue weighted by Gasteiger charge is 2.47. The highest BCUT2D eigenvalue weighted by molar-refractivity contribution is 5.71. The molecule has 0 bridgehead atoms. The second-order valence-electron chi connectivity index (χ2n) is 21.1. The maximum Gasteiger partial charge on any atom is 0.320 e. The van der Waals surface area contributed by atoms with E-state index in [1.807, 2.05) is 19.0 Å². The molecule has 1 aliphatic heterocycles. The minimum Gasteiger partial charge on any atom is -0.462 e. The fraction of sp³-hybridized carbons (Fsp3) is 0.983. The van der Waals surface area contributed by atoms with Gasteiger partial charge in [0.2, 0.25) is 0 Å². The first-order chi connectivity index (χ1) is 34.5. The zero-order chi connectivity index (χ0) is 50.5. The summed E-state index contributed by atoms with van der Waals surface area (Å²) in [4.78, 5) is 14.5. The van der Waals surface area contributed by atoms with Crippen LogP contribution in [-0.4, -0.2) is 122 Å². The van der Waals surface area contributed by atoms with Crippen molar-refractivity contribution in [1.29, 1.82) is 0 Å². The van der Waals surface area contributed by atoms with Crippen molar-refractivity contribution in [3.63, 3.8) is 0 Å². The molecule has 0 aliphatic carbocycles. The van der Waals surface area contributed by atoms with Gasteiger partial charge in [0.05, 0.1) is 6.54 Å². The lowest BCUT2D eigenvalue weighted by molar-refractivity contribution is -0.184. The highest BCUT2D eigenvalue weighted by atomic mass is 16.7. The largest absolute Gasteiger partial charge is 0.462 e. The van der Waals surface area contributed by atoms with Crippen LogP contribution in [0.1, 0.15) is 271 Å². The van der Waals surface area contributed by atoms with Gasteiger partial charge in [0.25, 0.3) is 0 Å². The van der Waals surface area contributed by atoms with Crippen LogP contribution in [0.3, 0.4) is 0 Å². The molecule has 10 heteroatoms. The van der Waals surface area contributed by atoms with Gasteiger partial charge in [-0.2, -0.15) is 0 Å². The molecular formula is C60H119NO9. The van der Waals surface area contributed by atoms with E-state index in [9.17, 15) is 4.79 Å². The fourth-order valence-corrected chi connectivity index (χ4v) is 9.28. The van der Waals surface area contributed by atoms with E-state index in [1.165, 1.54) is 205 Å². The third-order valence-corrected chi connectivity index (χ3v) is 13.7. The van der Waals surface area contributed by atoms with Gasteiger partial charge in [-0.1, -0.05) is 213 Å². The Labute approximate surface area is 434 Å². The summed E-state index contributed by atoms with van der Waals surface area (Å²) in [5.41, 5.74) is 0. The lowest BCUT2D eigenvalue weighted by Gasteiger charge is -2.25. The van der Waals surface area contributed by atoms with Crippen LogP contribution in [0.25, 0.3) is 0 Å². The minimum atomic E-state index is -0.544. The summed E-state index contributed by atoms with van der Waals surface area (Å²) in [7, 11) is 3.75. The Balaban J connectivity index is 2.54. The van der Waals surface area contributed by atoms with Gasteiger partial charge in [-0.15, -0.1) is 0 Å². The van der Waals surface area contributed by atoms with Crippen molar-refractivity contribution < 1.29 is 42.7 Å². The Morgan fingerprint density at radius 1 is 0.357 bits per heavy atom. The first-order valence-electron chi connectivity index (χ1n) is 30.6. The van der Waals surface area contributed by atoms with Crippen LogP contribution in [-0.2, 0) is 42.7 Å². The van der Waals surface area contributed by atoms with Crippen LogP contribution < -0.4 is 0 Å². The second kappa shape index (κ2) is 54.4. The smallest absolute Gasteiger partial charge is 0.320 e. The van der Waals surface area contributed by atoms with Crippen molar-refractivity contribution in [3.05, 3.63) is 0 Å². The number of esters is 1. The molecule has 0 aromatic rings. The number of carbonyl (C=O) groups is 1. The summed E-state index contributed by atoms with van der Waals surface area (Å²) in [6, 6.07) is 0. The summed E-state index contributed by atoms with van der Waals surface area (Å²) in [5.74, 6) is -0.264. The molecule has 0 aromatic carbocycles. The average Bonchev–Trinajstić information content (AvgIpc) is 3.68. The molecule has 70 heavy (non-hydrogen) atoms. The molecule has 1 fully saturated rings. The molecule has 0 radical (unpaired) electrons. The van der Waals surface area contributed by atoms with Crippen LogP contribution >= 0.6 is 0 Å². The van der Waals surface area contributed by atoms with Gasteiger partial charge in [0, 0.05) is 59.5 Å². The van der Waals surface area contributed by atoms with Crippen LogP contribution in [0.2, 0.25) is 0 Å². The molecule has 0 aromatic heterocycles. The molecule has 1 rings (SSSR count). The number of unbranched alkanes of at least 4 members (excludes halogenated alkanes) is 33. The van der Waals surface area contributed by atoms with Crippen molar-refractivity contribution in [2.75, 3.05) is 86.7 Å². The van der Waals surface area contributed by atoms with Crippen LogP contribution in [0, 0.1) is 0 Å². The van der Waals surface area contributed by atoms with E-state index in [-0.39, 0.29) is 31.3 Å². The molecule has 1 aliphatic rings. The van der Waals surface area contributed by atoms with Crippen LogP contribution in [0.4, 0.5) is 0 Å². The van der Waals surface area contributed by atoms with Crippen molar-refractivity contribution in [3.8, 4) is 0 Å². The predicted molar refractivity (Wildman–Crippen MR) is 293 cm³/mol. The van der Waals surface area contributed by atoms with Gasteiger partial charge in [-0.05, 0) is 71.9 Å². The standard InChI is InChI=1S/C60H119NO9/c1-6-9-12-15-27-36-45-63-48-39-30-21-18-24-33-42-51-66-58-56(55-69-57(62)54-61(4)5)70-60(68-53-44-35-26-20-23-32-41-50-65-47-38-29-17-14-11-8-3)59(58)67-52-43-34-25-19-22-31-40-49-64-46-37-28-16-13-10-7-2/h56,58-60H,6-55H2,1-5H3/t56-,58?,59+,60-/m1/s1. The van der Waals surface area contributed by atoms with E-state index < -0.39 is 12.4 Å². The van der Waals surface area contributed by atoms with Crippen molar-refractivity contribution in [1.82, 2.24) is 4.90 Å². The van der Waals surface area contributed by atoms with Gasteiger partial charge in [0.1, 0.15) is 24.9 Å². The topological polar surface area (TPSA) is 94.2 Å². The molecule has 1 unspecified atom stereocenters. The SMILES string of the molecule is CCCCCCCCOCCCCCCCCCOC1[C@@H](COC(=O)CN(C)C)O[C@@H](OCCCCCCCCCOCCCCCCCC)[C@H]1OCCCCCCCCCOCCCCCCCC. The number of nitrogens with zero attached hydrogens (tertiary/aromatic N) is 1. The molecule has 1 heterocycles. The first-order valence-corrected chi connectivity index (χ1v) is 30.6. The second-order valence-corrected chi connectivity index (χ2v) is 21.1. The van der Waals surface area contributed by atoms with Crippen LogP contribution in [0.15, 0.2) is 0 Å². The number of hydrogen-bond acceptors (Lipinski definition) is 10. The summed E-state index contributed by atoms with van der Waals surface area (Å²) >= 11 is 0. The number of carbonyl (C=O) groups excluding carboxylic acids is 1. The first kappa shape index (κ1) is 67.2. The van der Waals surface area contributed by atoms with Gasteiger partial charge < -0.3 is 37.9 Å². The van der Waals surface area contributed by atoms with E-state index in [1.54, 1.807) is 0 Å². The quantitative estimate of drug-likeness (QED) is 0.0433. The van der Waals surface area contributed by atoms with Gasteiger partial charge in [-0.3, -0.25) is 9.69 Å². The molecule has 0 spiro atoms. The molecule has 0 amide bonds. The molecule has 10 nitrogen and oxygen atoms in total. The molecular weight excluding hydrogens is 879 g/mol. The Bertz CT molecular complexity index is 1040. The molecule has 4 atom stereocenters.